The van der Waals surface area contributed by atoms with E-state index in [1.807, 2.05) is 7.05 Å². The number of anilines is 1. The van der Waals surface area contributed by atoms with Gasteiger partial charge in [-0.05, 0) is 43.5 Å². The fraction of sp³-hybridized carbons (Fsp3) is 0.462. The Balaban J connectivity index is 2.58. The Kier molecular flexibility index (Phi) is 4.35. The van der Waals surface area contributed by atoms with Gasteiger partial charge in [-0.2, -0.15) is 0 Å². The lowest BCUT2D eigenvalue weighted by molar-refractivity contribution is -0.137. The minimum Gasteiger partial charge on any atom is -0.481 e. The summed E-state index contributed by atoms with van der Waals surface area (Å²) in [5.74, 6) is -0.728. The maximum absolute atomic E-state index is 10.4. The highest BCUT2D eigenvalue weighted by atomic mass is 16.4. The molecule has 1 aromatic rings. The van der Waals surface area contributed by atoms with Crippen LogP contribution >= 0.6 is 0 Å². The van der Waals surface area contributed by atoms with Crippen LogP contribution in [0.25, 0.3) is 0 Å². The van der Waals surface area contributed by atoms with Gasteiger partial charge in [-0.15, -0.1) is 0 Å². The van der Waals surface area contributed by atoms with Gasteiger partial charge >= 0.3 is 5.97 Å². The SMILES string of the molecule is Cc1cc(C)cc(N(C)CCCC(=O)O)c1. The molecule has 0 heterocycles. The minimum atomic E-state index is -0.728. The normalized spacial score (nSPS) is 10.2. The van der Waals surface area contributed by atoms with Crippen molar-refractivity contribution in [2.75, 3.05) is 18.5 Å². The quantitative estimate of drug-likeness (QED) is 0.830. The van der Waals surface area contributed by atoms with Gasteiger partial charge in [-0.1, -0.05) is 6.07 Å². The van der Waals surface area contributed by atoms with Gasteiger partial charge < -0.3 is 10.0 Å². The molecule has 0 aliphatic rings. The number of benzene rings is 1. The van der Waals surface area contributed by atoms with Crippen LogP contribution in [-0.2, 0) is 4.79 Å². The average Bonchev–Trinajstić information content (AvgIpc) is 2.15. The maximum Gasteiger partial charge on any atom is 0.303 e. The van der Waals surface area contributed by atoms with Gasteiger partial charge in [0.05, 0.1) is 0 Å². The molecule has 0 saturated carbocycles. The van der Waals surface area contributed by atoms with E-state index in [1.54, 1.807) is 0 Å². The highest BCUT2D eigenvalue weighted by Gasteiger charge is 2.03. The van der Waals surface area contributed by atoms with E-state index < -0.39 is 5.97 Å². The van der Waals surface area contributed by atoms with Crippen molar-refractivity contribution in [1.82, 2.24) is 0 Å². The summed E-state index contributed by atoms with van der Waals surface area (Å²) in [4.78, 5) is 12.5. The molecular formula is C13H19NO2. The summed E-state index contributed by atoms with van der Waals surface area (Å²) >= 11 is 0. The number of aryl methyl sites for hydroxylation is 2. The molecule has 0 atom stereocenters. The Morgan fingerprint density at radius 3 is 2.31 bits per heavy atom. The van der Waals surface area contributed by atoms with Gasteiger partial charge in [0.1, 0.15) is 0 Å². The van der Waals surface area contributed by atoms with E-state index in [0.29, 0.717) is 6.42 Å². The van der Waals surface area contributed by atoms with Crippen molar-refractivity contribution >= 4 is 11.7 Å². The van der Waals surface area contributed by atoms with Crippen LogP contribution in [0.5, 0.6) is 0 Å². The number of nitrogens with zero attached hydrogens (tertiary/aromatic N) is 1. The lowest BCUT2D eigenvalue weighted by atomic mass is 10.1. The van der Waals surface area contributed by atoms with Crippen molar-refractivity contribution in [3.63, 3.8) is 0 Å². The van der Waals surface area contributed by atoms with Gasteiger partial charge in [-0.25, -0.2) is 0 Å². The molecule has 0 bridgehead atoms. The first-order valence-electron chi connectivity index (χ1n) is 5.50. The third-order valence-corrected chi connectivity index (χ3v) is 2.53. The summed E-state index contributed by atoms with van der Waals surface area (Å²) in [6, 6.07) is 6.37. The second-order valence-corrected chi connectivity index (χ2v) is 4.26. The lowest BCUT2D eigenvalue weighted by Crippen LogP contribution is -2.19. The van der Waals surface area contributed by atoms with Crippen LogP contribution in [0.2, 0.25) is 0 Å². The number of rotatable bonds is 5. The molecule has 16 heavy (non-hydrogen) atoms. The smallest absolute Gasteiger partial charge is 0.303 e. The monoisotopic (exact) mass is 221 g/mol. The average molecular weight is 221 g/mol. The molecule has 0 amide bonds. The van der Waals surface area contributed by atoms with E-state index in [0.717, 1.165) is 12.2 Å². The van der Waals surface area contributed by atoms with Crippen molar-refractivity contribution in [3.8, 4) is 0 Å². The third-order valence-electron chi connectivity index (χ3n) is 2.53. The number of hydrogen-bond acceptors (Lipinski definition) is 2. The number of carbonyl (C=O) groups is 1. The van der Waals surface area contributed by atoms with Crippen LogP contribution in [0.3, 0.4) is 0 Å². The highest BCUT2D eigenvalue weighted by molar-refractivity contribution is 5.66. The molecule has 1 rings (SSSR count). The molecule has 0 aromatic heterocycles. The summed E-state index contributed by atoms with van der Waals surface area (Å²) in [5.41, 5.74) is 3.63. The van der Waals surface area contributed by atoms with E-state index >= 15 is 0 Å². The first-order chi connectivity index (χ1) is 7.49. The lowest BCUT2D eigenvalue weighted by Gasteiger charge is -2.20. The summed E-state index contributed by atoms with van der Waals surface area (Å²) < 4.78 is 0. The predicted molar refractivity (Wildman–Crippen MR) is 66.1 cm³/mol. The standard InChI is InChI=1S/C13H19NO2/c1-10-7-11(2)9-12(8-10)14(3)6-4-5-13(15)16/h7-9H,4-6H2,1-3H3,(H,15,16). The zero-order chi connectivity index (χ0) is 12.1. The van der Waals surface area contributed by atoms with Gasteiger partial charge in [0, 0.05) is 25.7 Å². The van der Waals surface area contributed by atoms with E-state index in [-0.39, 0.29) is 6.42 Å². The van der Waals surface area contributed by atoms with Crippen LogP contribution in [0.4, 0.5) is 5.69 Å². The fourth-order valence-electron chi connectivity index (χ4n) is 1.77. The Morgan fingerprint density at radius 1 is 1.25 bits per heavy atom. The number of aliphatic carboxylic acids is 1. The van der Waals surface area contributed by atoms with Gasteiger partial charge in [0.2, 0.25) is 0 Å². The number of carboxylic acid groups (broad SMARTS) is 1. The topological polar surface area (TPSA) is 40.5 Å². The molecule has 0 unspecified atom stereocenters. The Hall–Kier alpha value is -1.51. The summed E-state index contributed by atoms with van der Waals surface area (Å²) in [6.45, 7) is 4.92. The Labute approximate surface area is 96.7 Å². The largest absolute Gasteiger partial charge is 0.481 e. The van der Waals surface area contributed by atoms with Crippen LogP contribution in [-0.4, -0.2) is 24.7 Å². The van der Waals surface area contributed by atoms with Crippen molar-refractivity contribution < 1.29 is 9.90 Å². The van der Waals surface area contributed by atoms with E-state index in [2.05, 4.69) is 36.9 Å². The van der Waals surface area contributed by atoms with E-state index in [1.165, 1.54) is 11.1 Å². The molecule has 3 nitrogen and oxygen atoms in total. The molecule has 1 aromatic carbocycles. The van der Waals surface area contributed by atoms with Gasteiger partial charge in [-0.3, -0.25) is 4.79 Å². The fourth-order valence-corrected chi connectivity index (χ4v) is 1.77. The highest BCUT2D eigenvalue weighted by Crippen LogP contribution is 2.17. The zero-order valence-electron chi connectivity index (χ0n) is 10.2. The van der Waals surface area contributed by atoms with Crippen molar-refractivity contribution in [2.24, 2.45) is 0 Å². The minimum absolute atomic E-state index is 0.231. The third kappa shape index (κ3) is 3.93. The molecule has 0 radical (unpaired) electrons. The van der Waals surface area contributed by atoms with Crippen molar-refractivity contribution in [2.45, 2.75) is 26.7 Å². The maximum atomic E-state index is 10.4. The first kappa shape index (κ1) is 12.6. The Morgan fingerprint density at radius 2 is 1.81 bits per heavy atom. The molecule has 0 aliphatic carbocycles. The zero-order valence-corrected chi connectivity index (χ0v) is 10.2. The molecule has 3 heteroatoms. The van der Waals surface area contributed by atoms with Crippen LogP contribution in [0.1, 0.15) is 24.0 Å². The first-order valence-corrected chi connectivity index (χ1v) is 5.50. The van der Waals surface area contributed by atoms with Crippen LogP contribution in [0, 0.1) is 13.8 Å². The van der Waals surface area contributed by atoms with Crippen LogP contribution < -0.4 is 4.90 Å². The Bertz CT molecular complexity index is 354. The van der Waals surface area contributed by atoms with Gasteiger partial charge in [0.25, 0.3) is 0 Å². The van der Waals surface area contributed by atoms with Crippen molar-refractivity contribution in [1.29, 1.82) is 0 Å². The molecular weight excluding hydrogens is 202 g/mol. The molecule has 0 saturated heterocycles. The predicted octanol–water partition coefficient (Wildman–Crippen LogP) is 2.60. The van der Waals surface area contributed by atoms with Crippen molar-refractivity contribution in [3.05, 3.63) is 29.3 Å². The molecule has 88 valence electrons. The van der Waals surface area contributed by atoms with Crippen LogP contribution in [0.15, 0.2) is 18.2 Å². The molecule has 1 N–H and O–H groups in total. The molecule has 0 aliphatic heterocycles. The molecule has 0 spiro atoms. The number of carboxylic acids is 1. The van der Waals surface area contributed by atoms with Gasteiger partial charge in [0.15, 0.2) is 0 Å². The summed E-state index contributed by atoms with van der Waals surface area (Å²) in [5, 5.41) is 8.57. The van der Waals surface area contributed by atoms with E-state index in [9.17, 15) is 4.79 Å². The summed E-state index contributed by atoms with van der Waals surface area (Å²) in [6.07, 6.45) is 0.911. The summed E-state index contributed by atoms with van der Waals surface area (Å²) in [7, 11) is 2.00. The second-order valence-electron chi connectivity index (χ2n) is 4.26. The van der Waals surface area contributed by atoms with E-state index in [4.69, 9.17) is 5.11 Å². The second kappa shape index (κ2) is 5.54. The number of hydrogen-bond donors (Lipinski definition) is 1. The molecule has 0 fully saturated rings.